The highest BCUT2D eigenvalue weighted by atomic mass is 79.9. The smallest absolute Gasteiger partial charge is 0.223 e. The maximum Gasteiger partial charge on any atom is 0.223 e. The van der Waals surface area contributed by atoms with Gasteiger partial charge in [-0.3, -0.25) is 9.69 Å². The quantitative estimate of drug-likeness (QED) is 0.736. The van der Waals surface area contributed by atoms with Gasteiger partial charge in [-0.25, -0.2) is 0 Å². The van der Waals surface area contributed by atoms with Gasteiger partial charge in [0.2, 0.25) is 5.91 Å². The van der Waals surface area contributed by atoms with Crippen LogP contribution in [0.15, 0.2) is 0 Å². The molecule has 2 heterocycles. The molecule has 2 saturated heterocycles. The van der Waals surface area contributed by atoms with Gasteiger partial charge in [0.05, 0.1) is 6.10 Å². The molecule has 0 bridgehead atoms. The average Bonchev–Trinajstić information content (AvgIpc) is 2.74. The van der Waals surface area contributed by atoms with Crippen molar-refractivity contribution < 1.29 is 9.53 Å². The molecule has 2 fully saturated rings. The summed E-state index contributed by atoms with van der Waals surface area (Å²) in [6.45, 7) is 5.84. The molecule has 0 aliphatic carbocycles. The molecule has 104 valence electrons. The summed E-state index contributed by atoms with van der Waals surface area (Å²) in [5.74, 6) is 0.283. The third-order valence-electron chi connectivity index (χ3n) is 3.74. The van der Waals surface area contributed by atoms with Gasteiger partial charge in [0.1, 0.15) is 0 Å². The molecule has 0 aromatic rings. The van der Waals surface area contributed by atoms with Crippen molar-refractivity contribution in [2.45, 2.75) is 31.8 Å². The molecular weight excluding hydrogens is 296 g/mol. The van der Waals surface area contributed by atoms with Crippen molar-refractivity contribution >= 4 is 21.8 Å². The van der Waals surface area contributed by atoms with Crippen LogP contribution in [0.3, 0.4) is 0 Å². The summed E-state index contributed by atoms with van der Waals surface area (Å²) >= 11 is 3.33. The molecular formula is C13H23BrN2O2. The fraction of sp³-hybridized carbons (Fsp3) is 0.923. The Morgan fingerprint density at radius 3 is 2.83 bits per heavy atom. The highest BCUT2D eigenvalue weighted by Crippen LogP contribution is 2.14. The number of alkyl halides is 1. The first-order valence-corrected chi connectivity index (χ1v) is 8.09. The largest absolute Gasteiger partial charge is 0.377 e. The van der Waals surface area contributed by atoms with Crippen LogP contribution in [0, 0.1) is 0 Å². The van der Waals surface area contributed by atoms with Gasteiger partial charge in [0, 0.05) is 44.5 Å². The first-order chi connectivity index (χ1) is 8.79. The van der Waals surface area contributed by atoms with E-state index in [0.717, 1.165) is 51.1 Å². The van der Waals surface area contributed by atoms with Crippen molar-refractivity contribution in [3.63, 3.8) is 0 Å². The minimum absolute atomic E-state index is 0.283. The lowest BCUT2D eigenvalue weighted by Gasteiger charge is -2.24. The molecule has 2 aliphatic rings. The molecule has 1 atom stereocenters. The van der Waals surface area contributed by atoms with Crippen molar-refractivity contribution in [1.29, 1.82) is 0 Å². The molecule has 18 heavy (non-hydrogen) atoms. The molecule has 4 nitrogen and oxygen atoms in total. The Kier molecular flexibility index (Phi) is 5.92. The SMILES string of the molecule is O=C(CCBr)N1CCCN(CC2CCCO2)CC1. The minimum Gasteiger partial charge on any atom is -0.377 e. The van der Waals surface area contributed by atoms with Crippen molar-refractivity contribution in [1.82, 2.24) is 9.80 Å². The van der Waals surface area contributed by atoms with Crippen molar-refractivity contribution in [2.75, 3.05) is 44.7 Å². The van der Waals surface area contributed by atoms with Crippen LogP contribution in [0.2, 0.25) is 0 Å². The summed E-state index contributed by atoms with van der Waals surface area (Å²) in [6, 6.07) is 0. The van der Waals surface area contributed by atoms with E-state index < -0.39 is 0 Å². The van der Waals surface area contributed by atoms with E-state index in [-0.39, 0.29) is 5.91 Å². The lowest BCUT2D eigenvalue weighted by Crippen LogP contribution is -2.37. The zero-order valence-electron chi connectivity index (χ0n) is 10.9. The Morgan fingerprint density at radius 2 is 2.11 bits per heavy atom. The van der Waals surface area contributed by atoms with Crippen LogP contribution in [-0.4, -0.2) is 66.5 Å². The molecule has 0 spiro atoms. The number of halogens is 1. The topological polar surface area (TPSA) is 32.8 Å². The van der Waals surface area contributed by atoms with Crippen LogP contribution in [0.5, 0.6) is 0 Å². The molecule has 0 radical (unpaired) electrons. The number of nitrogens with zero attached hydrogens (tertiary/aromatic N) is 2. The standard InChI is InChI=1S/C13H23BrN2O2/c14-5-4-13(17)16-7-2-6-15(8-9-16)11-12-3-1-10-18-12/h12H,1-11H2. The molecule has 2 aliphatic heterocycles. The fourth-order valence-electron chi connectivity index (χ4n) is 2.72. The Labute approximate surface area is 118 Å². The van der Waals surface area contributed by atoms with E-state index >= 15 is 0 Å². The van der Waals surface area contributed by atoms with Crippen LogP contribution in [0.4, 0.5) is 0 Å². The average molecular weight is 319 g/mol. The molecule has 1 amide bonds. The van der Waals surface area contributed by atoms with E-state index in [4.69, 9.17) is 4.74 Å². The third kappa shape index (κ3) is 4.21. The van der Waals surface area contributed by atoms with Crippen LogP contribution in [0.1, 0.15) is 25.7 Å². The van der Waals surface area contributed by atoms with Crippen molar-refractivity contribution in [3.8, 4) is 0 Å². The van der Waals surface area contributed by atoms with E-state index in [0.29, 0.717) is 12.5 Å². The van der Waals surface area contributed by atoms with Gasteiger partial charge in [0.25, 0.3) is 0 Å². The number of carbonyl (C=O) groups is 1. The molecule has 0 N–H and O–H groups in total. The lowest BCUT2D eigenvalue weighted by atomic mass is 10.2. The highest BCUT2D eigenvalue weighted by molar-refractivity contribution is 9.09. The minimum atomic E-state index is 0.283. The van der Waals surface area contributed by atoms with Crippen LogP contribution >= 0.6 is 15.9 Å². The molecule has 1 unspecified atom stereocenters. The van der Waals surface area contributed by atoms with E-state index in [2.05, 4.69) is 20.8 Å². The summed E-state index contributed by atoms with van der Waals surface area (Å²) < 4.78 is 5.68. The van der Waals surface area contributed by atoms with Gasteiger partial charge in [-0.15, -0.1) is 0 Å². The van der Waals surface area contributed by atoms with Gasteiger partial charge in [-0.2, -0.15) is 0 Å². The second-order valence-electron chi connectivity index (χ2n) is 5.11. The zero-order valence-corrected chi connectivity index (χ0v) is 12.5. The fourth-order valence-corrected chi connectivity index (χ4v) is 3.06. The van der Waals surface area contributed by atoms with E-state index in [1.807, 2.05) is 4.90 Å². The lowest BCUT2D eigenvalue weighted by molar-refractivity contribution is -0.130. The molecule has 0 saturated carbocycles. The maximum atomic E-state index is 11.9. The molecule has 0 aromatic heterocycles. The normalized spacial score (nSPS) is 26.3. The highest BCUT2D eigenvalue weighted by Gasteiger charge is 2.22. The van der Waals surface area contributed by atoms with Crippen LogP contribution < -0.4 is 0 Å². The summed E-state index contributed by atoms with van der Waals surface area (Å²) in [6.07, 6.45) is 4.53. The molecule has 0 aromatic carbocycles. The number of hydrogen-bond donors (Lipinski definition) is 0. The van der Waals surface area contributed by atoms with Crippen LogP contribution in [0.25, 0.3) is 0 Å². The predicted molar refractivity (Wildman–Crippen MR) is 75.0 cm³/mol. The van der Waals surface area contributed by atoms with Gasteiger partial charge in [-0.1, -0.05) is 15.9 Å². The number of ether oxygens (including phenoxy) is 1. The van der Waals surface area contributed by atoms with Gasteiger partial charge in [-0.05, 0) is 25.8 Å². The van der Waals surface area contributed by atoms with E-state index in [9.17, 15) is 4.79 Å². The van der Waals surface area contributed by atoms with Crippen molar-refractivity contribution in [2.24, 2.45) is 0 Å². The molecule has 2 rings (SSSR count). The Bertz CT molecular complexity index is 270. The van der Waals surface area contributed by atoms with Crippen LogP contribution in [-0.2, 0) is 9.53 Å². The maximum absolute atomic E-state index is 11.9. The summed E-state index contributed by atoms with van der Waals surface area (Å²) in [7, 11) is 0. The van der Waals surface area contributed by atoms with Crippen molar-refractivity contribution in [3.05, 3.63) is 0 Å². The van der Waals surface area contributed by atoms with E-state index in [1.165, 1.54) is 12.8 Å². The monoisotopic (exact) mass is 318 g/mol. The zero-order chi connectivity index (χ0) is 12.8. The van der Waals surface area contributed by atoms with Gasteiger partial charge >= 0.3 is 0 Å². The third-order valence-corrected chi connectivity index (χ3v) is 4.13. The van der Waals surface area contributed by atoms with Gasteiger partial charge in [0.15, 0.2) is 0 Å². The van der Waals surface area contributed by atoms with Gasteiger partial charge < -0.3 is 9.64 Å². The Hall–Kier alpha value is -0.130. The first kappa shape index (κ1) is 14.3. The first-order valence-electron chi connectivity index (χ1n) is 6.97. The second-order valence-corrected chi connectivity index (χ2v) is 5.90. The number of hydrogen-bond acceptors (Lipinski definition) is 3. The summed E-state index contributed by atoms with van der Waals surface area (Å²) in [5.41, 5.74) is 0. The Morgan fingerprint density at radius 1 is 1.22 bits per heavy atom. The summed E-state index contributed by atoms with van der Waals surface area (Å²) in [5, 5.41) is 0.766. The number of carbonyl (C=O) groups excluding carboxylic acids is 1. The predicted octanol–water partition coefficient (Wildman–Crippen LogP) is 1.48. The summed E-state index contributed by atoms with van der Waals surface area (Å²) in [4.78, 5) is 16.3. The number of amides is 1. The molecule has 5 heteroatoms. The Balaban J connectivity index is 1.75. The second kappa shape index (κ2) is 7.46. The number of rotatable bonds is 4. The van der Waals surface area contributed by atoms with E-state index in [1.54, 1.807) is 0 Å².